The Morgan fingerprint density at radius 2 is 2.00 bits per heavy atom. The number of carboxylic acid groups (broad SMARTS) is 1. The number of carboxylic acids is 1. The standard InChI is InChI=1S/C16H24N2O7S/c1-5-7-10(14(20)21)13-12(11(8-26-13)17-15(22)24-4)18(9(3)19)16(23)25-6-2/h10,13H,5-8H2,1-4H3,(H,17,22)(H,20,21). The van der Waals surface area contributed by atoms with E-state index < -0.39 is 35.2 Å². The summed E-state index contributed by atoms with van der Waals surface area (Å²) in [5.41, 5.74) is 0.393. The number of aliphatic carboxylic acids is 1. The van der Waals surface area contributed by atoms with Crippen LogP contribution >= 0.6 is 11.8 Å². The zero-order valence-corrected chi connectivity index (χ0v) is 16.1. The lowest BCUT2D eigenvalue weighted by Crippen LogP contribution is -2.42. The molecule has 10 heteroatoms. The zero-order valence-electron chi connectivity index (χ0n) is 15.2. The number of rotatable bonds is 7. The number of methoxy groups -OCH3 is 1. The Labute approximate surface area is 156 Å². The van der Waals surface area contributed by atoms with Crippen molar-refractivity contribution >= 4 is 35.8 Å². The maximum atomic E-state index is 12.3. The van der Waals surface area contributed by atoms with Crippen molar-refractivity contribution in [3.8, 4) is 0 Å². The molecule has 3 amide bonds. The number of nitrogens with one attached hydrogen (secondary N) is 1. The second-order valence-corrected chi connectivity index (χ2v) is 6.63. The van der Waals surface area contributed by atoms with Crippen LogP contribution in [0.1, 0.15) is 33.6 Å². The molecule has 0 fully saturated rings. The molecule has 1 aliphatic heterocycles. The van der Waals surface area contributed by atoms with Crippen LogP contribution in [-0.2, 0) is 19.1 Å². The van der Waals surface area contributed by atoms with Gasteiger partial charge in [0.1, 0.15) is 0 Å². The summed E-state index contributed by atoms with van der Waals surface area (Å²) in [5, 5.41) is 11.4. The fourth-order valence-electron chi connectivity index (χ4n) is 2.64. The van der Waals surface area contributed by atoms with Crippen molar-refractivity contribution in [2.45, 2.75) is 38.9 Å². The van der Waals surface area contributed by atoms with E-state index in [0.717, 1.165) is 4.90 Å². The van der Waals surface area contributed by atoms with E-state index in [9.17, 15) is 24.3 Å². The highest BCUT2D eigenvalue weighted by Gasteiger charge is 2.43. The molecule has 146 valence electrons. The van der Waals surface area contributed by atoms with Crippen molar-refractivity contribution in [1.82, 2.24) is 10.2 Å². The van der Waals surface area contributed by atoms with E-state index in [1.807, 2.05) is 6.92 Å². The first-order valence-corrected chi connectivity index (χ1v) is 9.23. The minimum Gasteiger partial charge on any atom is -0.481 e. The van der Waals surface area contributed by atoms with E-state index in [2.05, 4.69) is 10.1 Å². The average molecular weight is 388 g/mol. The van der Waals surface area contributed by atoms with E-state index in [4.69, 9.17) is 4.74 Å². The van der Waals surface area contributed by atoms with E-state index in [0.29, 0.717) is 12.8 Å². The predicted molar refractivity (Wildman–Crippen MR) is 94.4 cm³/mol. The lowest BCUT2D eigenvalue weighted by Gasteiger charge is -2.28. The molecule has 0 bridgehead atoms. The molecule has 0 aliphatic carbocycles. The van der Waals surface area contributed by atoms with Crippen LogP contribution in [0.15, 0.2) is 11.4 Å². The smallest absolute Gasteiger partial charge is 0.421 e. The largest absolute Gasteiger partial charge is 0.481 e. The van der Waals surface area contributed by atoms with Crippen molar-refractivity contribution in [1.29, 1.82) is 0 Å². The minimum absolute atomic E-state index is 0.0464. The second kappa shape index (κ2) is 10.0. The van der Waals surface area contributed by atoms with Gasteiger partial charge in [0.2, 0.25) is 5.91 Å². The molecule has 1 heterocycles. The van der Waals surface area contributed by atoms with Gasteiger partial charge in [0.15, 0.2) is 0 Å². The van der Waals surface area contributed by atoms with E-state index in [-0.39, 0.29) is 23.8 Å². The lowest BCUT2D eigenvalue weighted by atomic mass is 9.96. The van der Waals surface area contributed by atoms with Crippen LogP contribution in [0.4, 0.5) is 9.59 Å². The third-order valence-electron chi connectivity index (χ3n) is 3.71. The quantitative estimate of drug-likeness (QED) is 0.680. The van der Waals surface area contributed by atoms with Crippen molar-refractivity contribution in [2.24, 2.45) is 5.92 Å². The first-order valence-electron chi connectivity index (χ1n) is 8.18. The van der Waals surface area contributed by atoms with Crippen LogP contribution in [0.2, 0.25) is 0 Å². The van der Waals surface area contributed by atoms with Gasteiger partial charge in [0.25, 0.3) is 0 Å². The maximum absolute atomic E-state index is 12.3. The number of amides is 3. The van der Waals surface area contributed by atoms with Crippen molar-refractivity contribution in [2.75, 3.05) is 19.5 Å². The van der Waals surface area contributed by atoms with Gasteiger partial charge in [0.05, 0.1) is 36.3 Å². The van der Waals surface area contributed by atoms with Gasteiger partial charge in [0, 0.05) is 12.7 Å². The highest BCUT2D eigenvalue weighted by Crippen LogP contribution is 2.40. The Kier molecular flexibility index (Phi) is 8.43. The van der Waals surface area contributed by atoms with Crippen LogP contribution < -0.4 is 5.32 Å². The summed E-state index contributed by atoms with van der Waals surface area (Å²) < 4.78 is 9.51. The number of hydrogen-bond donors (Lipinski definition) is 2. The molecular formula is C16H24N2O7S. The Morgan fingerprint density at radius 3 is 2.46 bits per heavy atom. The van der Waals surface area contributed by atoms with E-state index >= 15 is 0 Å². The number of nitrogens with zero attached hydrogens (tertiary/aromatic N) is 1. The number of hydrogen-bond acceptors (Lipinski definition) is 7. The average Bonchev–Trinajstić information content (AvgIpc) is 2.95. The first kappa shape index (κ1) is 21.8. The summed E-state index contributed by atoms with van der Waals surface area (Å²) in [5.74, 6) is -2.26. The monoisotopic (exact) mass is 388 g/mol. The van der Waals surface area contributed by atoms with Gasteiger partial charge in [-0.3, -0.25) is 14.9 Å². The summed E-state index contributed by atoms with van der Waals surface area (Å²) in [6.07, 6.45) is -0.710. The summed E-state index contributed by atoms with van der Waals surface area (Å²) in [6.45, 7) is 4.66. The summed E-state index contributed by atoms with van der Waals surface area (Å²) in [6, 6.07) is 0. The van der Waals surface area contributed by atoms with Gasteiger partial charge >= 0.3 is 18.2 Å². The number of thioether (sulfide) groups is 1. The van der Waals surface area contributed by atoms with Crippen molar-refractivity contribution in [3.63, 3.8) is 0 Å². The molecule has 1 rings (SSSR count). The molecule has 2 atom stereocenters. The van der Waals surface area contributed by atoms with Gasteiger partial charge in [-0.15, -0.1) is 11.8 Å². The third kappa shape index (κ3) is 5.13. The molecule has 0 saturated heterocycles. The fourth-order valence-corrected chi connectivity index (χ4v) is 4.10. The number of carbonyl (C=O) groups is 4. The molecule has 0 aromatic carbocycles. The molecule has 0 saturated carbocycles. The fraction of sp³-hybridized carbons (Fsp3) is 0.625. The molecule has 9 nitrogen and oxygen atoms in total. The van der Waals surface area contributed by atoms with E-state index in [1.165, 1.54) is 25.8 Å². The van der Waals surface area contributed by atoms with Crippen LogP contribution in [0, 0.1) is 5.92 Å². The van der Waals surface area contributed by atoms with E-state index in [1.54, 1.807) is 6.92 Å². The normalized spacial score (nSPS) is 17.5. The molecule has 26 heavy (non-hydrogen) atoms. The SMILES string of the molecule is CCCC(C(=O)O)C1SCC(NC(=O)OC)=C1N(C(C)=O)C(=O)OCC. The topological polar surface area (TPSA) is 122 Å². The number of carbonyl (C=O) groups excluding carboxylic acids is 3. The molecule has 0 aromatic heterocycles. The van der Waals surface area contributed by atoms with Crippen molar-refractivity contribution < 1.29 is 33.8 Å². The van der Waals surface area contributed by atoms with Crippen LogP contribution in [0.3, 0.4) is 0 Å². The van der Waals surface area contributed by atoms with Gasteiger partial charge in [-0.25, -0.2) is 14.5 Å². The van der Waals surface area contributed by atoms with Crippen LogP contribution in [0.5, 0.6) is 0 Å². The molecule has 0 aromatic rings. The molecule has 1 aliphatic rings. The first-order chi connectivity index (χ1) is 12.3. The number of ether oxygens (including phenoxy) is 2. The molecule has 0 spiro atoms. The summed E-state index contributed by atoms with van der Waals surface area (Å²) in [7, 11) is 1.18. The Morgan fingerprint density at radius 1 is 1.35 bits per heavy atom. The highest BCUT2D eigenvalue weighted by molar-refractivity contribution is 8.00. The number of imide groups is 1. The summed E-state index contributed by atoms with van der Waals surface area (Å²) >= 11 is 1.24. The molecule has 2 unspecified atom stereocenters. The highest BCUT2D eigenvalue weighted by atomic mass is 32.2. The second-order valence-electron chi connectivity index (χ2n) is 5.50. The van der Waals surface area contributed by atoms with Gasteiger partial charge in [-0.05, 0) is 13.3 Å². The van der Waals surface area contributed by atoms with Gasteiger partial charge < -0.3 is 14.6 Å². The third-order valence-corrected chi connectivity index (χ3v) is 5.08. The van der Waals surface area contributed by atoms with Gasteiger partial charge in [-0.2, -0.15) is 0 Å². The zero-order chi connectivity index (χ0) is 19.9. The Bertz CT molecular complexity index is 605. The molecule has 0 radical (unpaired) electrons. The predicted octanol–water partition coefficient (Wildman–Crippen LogP) is 2.18. The van der Waals surface area contributed by atoms with Gasteiger partial charge in [-0.1, -0.05) is 13.3 Å². The molecule has 2 N–H and O–H groups in total. The van der Waals surface area contributed by atoms with Crippen molar-refractivity contribution in [3.05, 3.63) is 11.4 Å². The number of alkyl carbamates (subject to hydrolysis) is 1. The maximum Gasteiger partial charge on any atom is 0.421 e. The minimum atomic E-state index is -1.03. The van der Waals surface area contributed by atoms with Crippen LogP contribution in [-0.4, -0.2) is 58.8 Å². The Balaban J connectivity index is 3.42. The molecular weight excluding hydrogens is 364 g/mol. The Hall–Kier alpha value is -2.23. The van der Waals surface area contributed by atoms with Crippen LogP contribution in [0.25, 0.3) is 0 Å². The lowest BCUT2D eigenvalue weighted by molar-refractivity contribution is -0.142. The summed E-state index contributed by atoms with van der Waals surface area (Å²) in [4.78, 5) is 48.6.